The molecule has 0 radical (unpaired) electrons. The minimum atomic E-state index is 0.800. The maximum atomic E-state index is 5.62. The first-order valence-electron chi connectivity index (χ1n) is 26.1. The van der Waals surface area contributed by atoms with Crippen LogP contribution in [0.4, 0.5) is 68.2 Å². The summed E-state index contributed by atoms with van der Waals surface area (Å²) in [5.41, 5.74) is 22.1. The highest BCUT2D eigenvalue weighted by atomic mass is 16.5. The van der Waals surface area contributed by atoms with Crippen LogP contribution in [0.2, 0.25) is 0 Å². The Morgan fingerprint density at radius 1 is 0.250 bits per heavy atom. The molecule has 0 amide bonds. The van der Waals surface area contributed by atoms with E-state index in [-0.39, 0.29) is 0 Å². The number of ether oxygens (including phenoxy) is 4. The maximum absolute atomic E-state index is 5.62. The van der Waals surface area contributed by atoms with Crippen molar-refractivity contribution in [1.82, 2.24) is 0 Å². The molecule has 0 aliphatic carbocycles. The van der Waals surface area contributed by atoms with Gasteiger partial charge in [0.2, 0.25) is 0 Å². The largest absolute Gasteiger partial charge is 0.497 e. The Labute approximate surface area is 450 Å². The summed E-state index contributed by atoms with van der Waals surface area (Å²) in [4.78, 5) is 9.51. The predicted molar refractivity (Wildman–Crippen MR) is 319 cm³/mol. The number of anilines is 12. The highest BCUT2D eigenvalue weighted by Gasteiger charge is 2.27. The monoisotopic (exact) mass is 1010 g/mol. The maximum Gasteiger partial charge on any atom is 0.119 e. The van der Waals surface area contributed by atoms with Crippen molar-refractivity contribution in [3.8, 4) is 23.0 Å². The van der Waals surface area contributed by atoms with E-state index in [1.807, 2.05) is 48.5 Å². The highest BCUT2D eigenvalue weighted by molar-refractivity contribution is 5.91. The molecule has 0 bridgehead atoms. The Hall–Kier alpha value is -8.62. The van der Waals surface area contributed by atoms with Gasteiger partial charge in [0.15, 0.2) is 0 Å². The first-order chi connectivity index (χ1) is 36.9. The normalized spacial score (nSPS) is 11.0. The molecule has 0 aliphatic rings. The van der Waals surface area contributed by atoms with Crippen molar-refractivity contribution in [3.05, 3.63) is 226 Å². The second-order valence-corrected chi connectivity index (χ2v) is 19.4. The molecule has 9 rings (SSSR count). The van der Waals surface area contributed by atoms with Crippen molar-refractivity contribution in [3.63, 3.8) is 0 Å². The average molecular weight is 1010 g/mol. The van der Waals surface area contributed by atoms with Gasteiger partial charge in [-0.25, -0.2) is 0 Å². The Bertz CT molecular complexity index is 2920. The van der Waals surface area contributed by atoms with Crippen LogP contribution in [0.1, 0.15) is 58.4 Å². The first kappa shape index (κ1) is 52.3. The van der Waals surface area contributed by atoms with E-state index in [9.17, 15) is 0 Å². The number of rotatable bonds is 18. The van der Waals surface area contributed by atoms with E-state index in [0.29, 0.717) is 0 Å². The summed E-state index contributed by atoms with van der Waals surface area (Å²) < 4.78 is 22.4. The molecule has 0 saturated carbocycles. The van der Waals surface area contributed by atoms with E-state index < -0.39 is 0 Å². The molecule has 76 heavy (non-hydrogen) atoms. The van der Waals surface area contributed by atoms with Crippen molar-refractivity contribution in [2.75, 3.05) is 48.0 Å². The second-order valence-electron chi connectivity index (χ2n) is 19.4. The molecule has 0 N–H and O–H groups in total. The van der Waals surface area contributed by atoms with E-state index in [4.69, 9.17) is 18.9 Å². The van der Waals surface area contributed by atoms with E-state index >= 15 is 0 Å². The lowest BCUT2D eigenvalue weighted by atomic mass is 9.98. The minimum Gasteiger partial charge on any atom is -0.497 e. The number of aryl methyl sites for hydroxylation is 8. The third-order valence-electron chi connectivity index (χ3n) is 14.5. The molecule has 8 nitrogen and oxygen atoms in total. The van der Waals surface area contributed by atoms with Crippen molar-refractivity contribution < 1.29 is 18.9 Å². The zero-order valence-electron chi connectivity index (χ0n) is 46.2. The average Bonchev–Trinajstić information content (AvgIpc) is 3.45. The van der Waals surface area contributed by atoms with Crippen LogP contribution in [0.5, 0.6) is 23.0 Å². The summed E-state index contributed by atoms with van der Waals surface area (Å²) in [6, 6.07) is 65.1. The number of hydrogen-bond donors (Lipinski definition) is 0. The minimum absolute atomic E-state index is 0.800. The molecule has 386 valence electrons. The fraction of sp³-hybridized carbons (Fsp3) is 0.206. The van der Waals surface area contributed by atoms with Crippen molar-refractivity contribution >= 4 is 68.2 Å². The molecular formula is C68H70N4O4. The molecule has 9 aromatic carbocycles. The Morgan fingerprint density at radius 2 is 0.421 bits per heavy atom. The Balaban J connectivity index is 1.25. The van der Waals surface area contributed by atoms with Gasteiger partial charge in [0, 0.05) is 68.2 Å². The molecule has 0 heterocycles. The number of nitrogens with zero attached hydrogens (tertiary/aromatic N) is 4. The van der Waals surface area contributed by atoms with Crippen LogP contribution < -0.4 is 38.5 Å². The van der Waals surface area contributed by atoms with Gasteiger partial charge in [-0.15, -0.1) is 0 Å². The number of benzene rings is 9. The molecule has 0 aromatic heterocycles. The Kier molecular flexibility index (Phi) is 15.7. The van der Waals surface area contributed by atoms with Crippen LogP contribution in [0.3, 0.4) is 0 Å². The highest BCUT2D eigenvalue weighted by Crippen LogP contribution is 2.49. The van der Waals surface area contributed by atoms with Gasteiger partial charge in [0.05, 0.1) is 28.4 Å². The second kappa shape index (κ2) is 22.9. The van der Waals surface area contributed by atoms with E-state index in [2.05, 4.69) is 208 Å². The fourth-order valence-corrected chi connectivity index (χ4v) is 10.2. The lowest BCUT2D eigenvalue weighted by Gasteiger charge is -2.35. The zero-order chi connectivity index (χ0) is 53.6. The van der Waals surface area contributed by atoms with Crippen LogP contribution in [-0.2, 0) is 12.8 Å². The molecule has 0 spiro atoms. The zero-order valence-corrected chi connectivity index (χ0v) is 46.2. The molecule has 0 saturated heterocycles. The molecule has 0 atom stereocenters. The quantitative estimate of drug-likeness (QED) is 0.0843. The van der Waals surface area contributed by atoms with Crippen LogP contribution in [-0.4, -0.2) is 28.4 Å². The van der Waals surface area contributed by atoms with E-state index in [0.717, 1.165) is 137 Å². The van der Waals surface area contributed by atoms with Crippen LogP contribution in [0.25, 0.3) is 0 Å². The van der Waals surface area contributed by atoms with Gasteiger partial charge < -0.3 is 38.5 Å². The van der Waals surface area contributed by atoms with Gasteiger partial charge in [-0.2, -0.15) is 0 Å². The van der Waals surface area contributed by atoms with Gasteiger partial charge in [0.25, 0.3) is 0 Å². The summed E-state index contributed by atoms with van der Waals surface area (Å²) in [5.74, 6) is 3.23. The number of hydrogen-bond acceptors (Lipinski definition) is 8. The van der Waals surface area contributed by atoms with Crippen molar-refractivity contribution in [2.45, 2.75) is 68.2 Å². The topological polar surface area (TPSA) is 49.9 Å². The van der Waals surface area contributed by atoms with Gasteiger partial charge in [-0.05, 0) is 257 Å². The predicted octanol–water partition coefficient (Wildman–Crippen LogP) is 18.6. The standard InChI is InChI=1S/C68H70N4O4/c1-13-51-15-19-53(20-16-51)69(55-23-31-59(73-9)32-24-55)63-39-48(6)66(42-45(63)3)72(67-43-46(4)64(40-49(67)7)70(54-21-17-52(14-2)18-22-54)56-25-33-60(74-10)34-26-56)68-44-47(5)65(41-50(68)8)71(57-27-35-61(75-11)36-28-57)58-29-37-62(76-12)38-30-58/h15-44H,13-14H2,1-12H3. The van der Waals surface area contributed by atoms with E-state index in [1.54, 1.807) is 28.4 Å². The Morgan fingerprint density at radius 3 is 0.592 bits per heavy atom. The first-order valence-corrected chi connectivity index (χ1v) is 26.1. The smallest absolute Gasteiger partial charge is 0.119 e. The molecular weight excluding hydrogens is 937 g/mol. The molecule has 0 unspecified atom stereocenters. The molecule has 9 aromatic rings. The summed E-state index contributed by atoms with van der Waals surface area (Å²) in [5, 5.41) is 0. The van der Waals surface area contributed by atoms with E-state index in [1.165, 1.54) is 11.1 Å². The SMILES string of the molecule is CCc1ccc(N(c2ccc(OC)cc2)c2cc(C)c(N(c3cc(C)c(N(c4ccc(CC)cc4)c4ccc(OC)cc4)cc3C)c3cc(C)c(N(c4ccc(OC)cc4)c4ccc(OC)cc4)cc3C)cc2C)cc1. The van der Waals surface area contributed by atoms with Gasteiger partial charge in [0.1, 0.15) is 23.0 Å². The summed E-state index contributed by atoms with van der Waals surface area (Å²) >= 11 is 0. The van der Waals surface area contributed by atoms with Crippen LogP contribution in [0.15, 0.2) is 182 Å². The molecule has 0 fully saturated rings. The van der Waals surface area contributed by atoms with Gasteiger partial charge >= 0.3 is 0 Å². The number of methoxy groups -OCH3 is 4. The lowest BCUT2D eigenvalue weighted by molar-refractivity contribution is 0.414. The van der Waals surface area contributed by atoms with Crippen LogP contribution in [0, 0.1) is 41.5 Å². The summed E-state index contributed by atoms with van der Waals surface area (Å²) in [7, 11) is 6.82. The summed E-state index contributed by atoms with van der Waals surface area (Å²) in [6.45, 7) is 17.8. The molecule has 0 aliphatic heterocycles. The third-order valence-corrected chi connectivity index (χ3v) is 14.5. The summed E-state index contributed by atoms with van der Waals surface area (Å²) in [6.07, 6.45) is 1.94. The van der Waals surface area contributed by atoms with Crippen molar-refractivity contribution in [2.24, 2.45) is 0 Å². The fourth-order valence-electron chi connectivity index (χ4n) is 10.2. The van der Waals surface area contributed by atoms with Crippen LogP contribution >= 0.6 is 0 Å². The third kappa shape index (κ3) is 10.7. The van der Waals surface area contributed by atoms with Gasteiger partial charge in [-0.1, -0.05) is 38.1 Å². The molecule has 8 heteroatoms. The van der Waals surface area contributed by atoms with Gasteiger partial charge in [-0.3, -0.25) is 0 Å². The lowest BCUT2D eigenvalue weighted by Crippen LogP contribution is -2.18. The van der Waals surface area contributed by atoms with Crippen molar-refractivity contribution in [1.29, 1.82) is 0 Å².